The second-order valence-corrected chi connectivity index (χ2v) is 3.24. The minimum absolute atomic E-state index is 0.0792. The number of aliphatic hydroxyl groups is 2. The van der Waals surface area contributed by atoms with Crippen LogP contribution < -0.4 is 0 Å². The minimum Gasteiger partial charge on any atom is -0.393 e. The predicted octanol–water partition coefficient (Wildman–Crippen LogP) is -4.53. The highest BCUT2D eigenvalue weighted by Gasteiger charge is 2.09. The molecule has 12 heteroatoms. The SMILES string of the molecule is OCC1=C(CO)[B][B][B][B][B][B][B][B][B][B]1. The Morgan fingerprint density at radius 1 is 0.562 bits per heavy atom. The van der Waals surface area contributed by atoms with Gasteiger partial charge in [-0.2, -0.15) is 0 Å². The molecule has 0 saturated carbocycles. The number of rotatable bonds is 2. The molecule has 1 heterocycles. The van der Waals surface area contributed by atoms with Crippen LogP contribution in [-0.4, -0.2) is 94.3 Å². The molecule has 0 atom stereocenters. The first-order valence-corrected chi connectivity index (χ1v) is 5.17. The zero-order chi connectivity index (χ0) is 11.6. The summed E-state index contributed by atoms with van der Waals surface area (Å²) in [5.74, 6) is 0. The smallest absolute Gasteiger partial charge is 0.0920 e. The van der Waals surface area contributed by atoms with Gasteiger partial charge in [0.1, 0.15) is 0 Å². The normalized spacial score (nSPS) is 16.4. The van der Waals surface area contributed by atoms with Crippen molar-refractivity contribution in [1.82, 2.24) is 0 Å². The first-order valence-electron chi connectivity index (χ1n) is 5.17. The zero-order valence-electron chi connectivity index (χ0n) is 9.08. The summed E-state index contributed by atoms with van der Waals surface area (Å²) < 4.78 is 0. The molecular weight excluding hydrogens is 188 g/mol. The van der Waals surface area contributed by atoms with Crippen LogP contribution in [0.5, 0.6) is 0 Å². The molecule has 64 valence electrons. The van der Waals surface area contributed by atoms with E-state index in [1.807, 2.05) is 56.5 Å². The summed E-state index contributed by atoms with van der Waals surface area (Å²) in [4.78, 5) is 0. The van der Waals surface area contributed by atoms with Crippen LogP contribution in [0.4, 0.5) is 0 Å². The van der Waals surface area contributed by atoms with E-state index < -0.39 is 0 Å². The summed E-state index contributed by atoms with van der Waals surface area (Å²) in [5, 5.41) is 18.4. The molecule has 0 aromatic carbocycles. The van der Waals surface area contributed by atoms with Crippen molar-refractivity contribution in [2.24, 2.45) is 0 Å². The first-order chi connectivity index (χ1) is 7.88. The van der Waals surface area contributed by atoms with Gasteiger partial charge >= 0.3 is 0 Å². The molecule has 0 fully saturated rings. The Morgan fingerprint density at radius 3 is 1.19 bits per heavy atom. The summed E-state index contributed by atoms with van der Waals surface area (Å²) in [6, 6.07) is 0. The molecule has 0 aromatic heterocycles. The fourth-order valence-electron chi connectivity index (χ4n) is 1.25. The Balaban J connectivity index is 2.54. The van der Waals surface area contributed by atoms with Gasteiger partial charge in [-0.15, -0.1) is 10.9 Å². The van der Waals surface area contributed by atoms with Crippen molar-refractivity contribution >= 4 is 70.8 Å². The first kappa shape index (κ1) is 14.4. The van der Waals surface area contributed by atoms with Gasteiger partial charge < -0.3 is 10.2 Å². The molecule has 16 heavy (non-hydrogen) atoms. The van der Waals surface area contributed by atoms with E-state index in [0.29, 0.717) is 0 Å². The molecule has 1 aliphatic heterocycles. The molecule has 0 spiro atoms. The molecule has 0 aromatic rings. The molecular formula is C4H6B10O2. The maximum absolute atomic E-state index is 9.19. The maximum atomic E-state index is 9.19. The standard InChI is InChI=1S/C4H6B10O2/c15-1-3-4(2-16)6-8-10-12-14-13-11-9-7-5-3/h15-16H,1-2H2. The predicted molar refractivity (Wildman–Crippen MR) is 78.7 cm³/mol. The topological polar surface area (TPSA) is 40.5 Å². The third kappa shape index (κ3) is 5.58. The van der Waals surface area contributed by atoms with Gasteiger partial charge in [0.25, 0.3) is 0 Å². The largest absolute Gasteiger partial charge is 0.393 e. The van der Waals surface area contributed by atoms with Crippen LogP contribution in [-0.2, 0) is 0 Å². The van der Waals surface area contributed by atoms with Crippen LogP contribution in [0.15, 0.2) is 10.9 Å². The number of hydrogen-bond acceptors (Lipinski definition) is 2. The molecule has 1 aliphatic rings. The lowest BCUT2D eigenvalue weighted by Crippen LogP contribution is -2.35. The van der Waals surface area contributed by atoms with Gasteiger partial charge in [0.05, 0.1) is 27.6 Å². The Labute approximate surface area is 105 Å². The van der Waals surface area contributed by atoms with Gasteiger partial charge in [0.15, 0.2) is 0 Å². The quantitative estimate of drug-likeness (QED) is 0.435. The van der Waals surface area contributed by atoms with Crippen LogP contribution in [0.3, 0.4) is 0 Å². The monoisotopic (exact) mass is 196 g/mol. The van der Waals surface area contributed by atoms with Crippen molar-refractivity contribution in [1.29, 1.82) is 0 Å². The van der Waals surface area contributed by atoms with E-state index >= 15 is 0 Å². The summed E-state index contributed by atoms with van der Waals surface area (Å²) in [6.07, 6.45) is 0. The van der Waals surface area contributed by atoms with Gasteiger partial charge in [0, 0.05) is 56.5 Å². The second-order valence-electron chi connectivity index (χ2n) is 3.24. The number of aliphatic hydroxyl groups excluding tert-OH is 2. The van der Waals surface area contributed by atoms with Crippen molar-refractivity contribution in [3.63, 3.8) is 0 Å². The van der Waals surface area contributed by atoms with Gasteiger partial charge in [-0.25, -0.2) is 0 Å². The van der Waals surface area contributed by atoms with E-state index in [2.05, 4.69) is 0 Å². The summed E-state index contributed by atoms with van der Waals surface area (Å²) in [7, 11) is 18.7. The van der Waals surface area contributed by atoms with E-state index in [0.717, 1.165) is 10.9 Å². The van der Waals surface area contributed by atoms with Crippen LogP contribution in [0.25, 0.3) is 0 Å². The van der Waals surface area contributed by atoms with Crippen molar-refractivity contribution < 1.29 is 10.2 Å². The van der Waals surface area contributed by atoms with E-state index in [1.165, 1.54) is 0 Å². The highest BCUT2D eigenvalue weighted by atomic mass is 16.3. The summed E-state index contributed by atoms with van der Waals surface area (Å²) >= 11 is 0. The lowest BCUT2D eigenvalue weighted by Gasteiger charge is -2.12. The van der Waals surface area contributed by atoms with Crippen LogP contribution in [0.2, 0.25) is 0 Å². The fraction of sp³-hybridized carbons (Fsp3) is 0.500. The van der Waals surface area contributed by atoms with Crippen molar-refractivity contribution in [2.45, 2.75) is 0 Å². The van der Waals surface area contributed by atoms with Crippen LogP contribution in [0, 0.1) is 0 Å². The average molecular weight is 194 g/mol. The lowest BCUT2D eigenvalue weighted by atomic mass is 8.87. The minimum atomic E-state index is -0.0792. The molecule has 2 nitrogen and oxygen atoms in total. The van der Waals surface area contributed by atoms with Crippen molar-refractivity contribution in [2.75, 3.05) is 13.2 Å². The summed E-state index contributed by atoms with van der Waals surface area (Å²) in [5.41, 5.74) is 1.45. The van der Waals surface area contributed by atoms with E-state index in [1.54, 1.807) is 14.3 Å². The Hall–Kier alpha value is 0.309. The number of hydrogen-bond donors (Lipinski definition) is 2. The maximum Gasteiger partial charge on any atom is 0.0920 e. The summed E-state index contributed by atoms with van der Waals surface area (Å²) in [6.45, 7) is -0.158. The molecule has 0 bridgehead atoms. The average Bonchev–Trinajstić information content (AvgIpc) is 2.30. The van der Waals surface area contributed by atoms with E-state index in [4.69, 9.17) is 0 Å². The molecule has 0 unspecified atom stereocenters. The van der Waals surface area contributed by atoms with Gasteiger partial charge in [-0.3, -0.25) is 0 Å². The third-order valence-electron chi connectivity index (χ3n) is 2.13. The van der Waals surface area contributed by atoms with Crippen LogP contribution in [0.1, 0.15) is 0 Å². The fourth-order valence-corrected chi connectivity index (χ4v) is 1.25. The van der Waals surface area contributed by atoms with Gasteiger partial charge in [0.2, 0.25) is 0 Å². The van der Waals surface area contributed by atoms with Crippen molar-refractivity contribution in [3.05, 3.63) is 10.9 Å². The van der Waals surface area contributed by atoms with E-state index in [-0.39, 0.29) is 13.2 Å². The second kappa shape index (κ2) is 9.35. The lowest BCUT2D eigenvalue weighted by molar-refractivity contribution is 0.322. The Morgan fingerprint density at radius 2 is 0.875 bits per heavy atom. The third-order valence-corrected chi connectivity index (χ3v) is 2.13. The van der Waals surface area contributed by atoms with Gasteiger partial charge in [-0.1, -0.05) is 0 Å². The molecule has 10 radical (unpaired) electrons. The van der Waals surface area contributed by atoms with Gasteiger partial charge in [-0.05, 0) is 0 Å². The van der Waals surface area contributed by atoms with E-state index in [9.17, 15) is 10.2 Å². The zero-order valence-corrected chi connectivity index (χ0v) is 9.08. The molecule has 1 rings (SSSR count). The Kier molecular flexibility index (Phi) is 8.40. The Bertz CT molecular complexity index is 199. The molecule has 0 amide bonds. The van der Waals surface area contributed by atoms with Crippen molar-refractivity contribution in [3.8, 4) is 0 Å². The highest BCUT2D eigenvalue weighted by molar-refractivity contribution is 7.69. The molecule has 0 aliphatic carbocycles. The van der Waals surface area contributed by atoms with Crippen LogP contribution >= 0.6 is 0 Å². The highest BCUT2D eigenvalue weighted by Crippen LogP contribution is 1.99. The molecule has 2 N–H and O–H groups in total. The molecule has 0 saturated heterocycles.